The van der Waals surface area contributed by atoms with Crippen LogP contribution in [0.3, 0.4) is 0 Å². The molecular weight excluding hydrogens is 317 g/mol. The highest BCUT2D eigenvalue weighted by atomic mass is 127. The minimum atomic E-state index is 0.0964. The topological polar surface area (TPSA) is 26.0 Å². The third kappa shape index (κ3) is 2.16. The summed E-state index contributed by atoms with van der Waals surface area (Å²) in [6.07, 6.45) is 0. The molecule has 1 nitrogen and oxygen atoms in total. The monoisotopic (exact) mass is 325 g/mol. The van der Waals surface area contributed by atoms with Gasteiger partial charge in [-0.05, 0) is 57.1 Å². The summed E-state index contributed by atoms with van der Waals surface area (Å²) < 4.78 is 2.33. The van der Waals surface area contributed by atoms with Crippen molar-refractivity contribution in [3.63, 3.8) is 0 Å². The quantitative estimate of drug-likeness (QED) is 0.789. The number of nitrogens with two attached hydrogens (primary N) is 1. The van der Waals surface area contributed by atoms with E-state index in [0.29, 0.717) is 0 Å². The van der Waals surface area contributed by atoms with E-state index in [0.717, 1.165) is 10.0 Å². The minimum absolute atomic E-state index is 0.0964. The highest BCUT2D eigenvalue weighted by Gasteiger charge is 2.05. The summed E-state index contributed by atoms with van der Waals surface area (Å²) in [5.41, 5.74) is 6.91. The van der Waals surface area contributed by atoms with Gasteiger partial charge >= 0.3 is 0 Å². The van der Waals surface area contributed by atoms with E-state index in [2.05, 4.69) is 44.6 Å². The van der Waals surface area contributed by atoms with Crippen molar-refractivity contribution in [2.24, 2.45) is 5.73 Å². The van der Waals surface area contributed by atoms with Crippen molar-refractivity contribution in [2.45, 2.75) is 13.0 Å². The van der Waals surface area contributed by atoms with Crippen molar-refractivity contribution in [3.05, 3.63) is 31.8 Å². The molecular formula is C8H9BrIN. The number of benzene rings is 1. The summed E-state index contributed by atoms with van der Waals surface area (Å²) in [4.78, 5) is 0. The van der Waals surface area contributed by atoms with Gasteiger partial charge in [-0.15, -0.1) is 0 Å². The van der Waals surface area contributed by atoms with Crippen molar-refractivity contribution in [2.75, 3.05) is 0 Å². The fraction of sp³-hybridized carbons (Fsp3) is 0.250. The molecule has 0 saturated heterocycles. The summed E-state index contributed by atoms with van der Waals surface area (Å²) in [5.74, 6) is 0. The van der Waals surface area contributed by atoms with Crippen LogP contribution >= 0.6 is 38.5 Å². The second kappa shape index (κ2) is 3.87. The zero-order valence-corrected chi connectivity index (χ0v) is 9.89. The van der Waals surface area contributed by atoms with Crippen LogP contribution in [-0.2, 0) is 0 Å². The molecule has 0 aromatic heterocycles. The molecule has 2 N–H and O–H groups in total. The summed E-state index contributed by atoms with van der Waals surface area (Å²) in [5, 5.41) is 0. The van der Waals surface area contributed by atoms with Gasteiger partial charge in [0.1, 0.15) is 0 Å². The molecule has 1 rings (SSSR count). The van der Waals surface area contributed by atoms with E-state index >= 15 is 0 Å². The van der Waals surface area contributed by atoms with Gasteiger partial charge in [-0.2, -0.15) is 0 Å². The van der Waals surface area contributed by atoms with Crippen LogP contribution in [-0.4, -0.2) is 0 Å². The summed E-state index contributed by atoms with van der Waals surface area (Å²) in [7, 11) is 0. The average molecular weight is 326 g/mol. The van der Waals surface area contributed by atoms with Crippen LogP contribution in [0.4, 0.5) is 0 Å². The molecule has 0 radical (unpaired) electrons. The molecule has 0 spiro atoms. The van der Waals surface area contributed by atoms with E-state index < -0.39 is 0 Å². The first-order valence-electron chi connectivity index (χ1n) is 3.32. The van der Waals surface area contributed by atoms with Gasteiger partial charge in [-0.1, -0.05) is 12.1 Å². The lowest BCUT2D eigenvalue weighted by atomic mass is 10.1. The molecule has 0 bridgehead atoms. The number of rotatable bonds is 1. The lowest BCUT2D eigenvalue weighted by Crippen LogP contribution is -2.05. The van der Waals surface area contributed by atoms with Crippen LogP contribution in [0.15, 0.2) is 22.7 Å². The Morgan fingerprint density at radius 2 is 2.18 bits per heavy atom. The van der Waals surface area contributed by atoms with E-state index in [-0.39, 0.29) is 6.04 Å². The molecule has 11 heavy (non-hydrogen) atoms. The Morgan fingerprint density at radius 1 is 1.55 bits per heavy atom. The molecule has 1 aromatic carbocycles. The number of halogens is 2. The summed E-state index contributed by atoms with van der Waals surface area (Å²) in [6, 6.07) is 6.21. The Morgan fingerprint density at radius 3 is 2.64 bits per heavy atom. The summed E-state index contributed by atoms with van der Waals surface area (Å²) in [6.45, 7) is 1.98. The van der Waals surface area contributed by atoms with Crippen LogP contribution < -0.4 is 5.73 Å². The second-order valence-electron chi connectivity index (χ2n) is 2.43. The van der Waals surface area contributed by atoms with Crippen LogP contribution in [0.1, 0.15) is 18.5 Å². The smallest absolute Gasteiger partial charge is 0.0356 e. The van der Waals surface area contributed by atoms with Gasteiger partial charge in [0.2, 0.25) is 0 Å². The highest BCUT2D eigenvalue weighted by molar-refractivity contribution is 14.1. The van der Waals surface area contributed by atoms with Crippen LogP contribution in [0.5, 0.6) is 0 Å². The molecule has 0 heterocycles. The van der Waals surface area contributed by atoms with Gasteiger partial charge in [0.05, 0.1) is 0 Å². The predicted octanol–water partition coefficient (Wildman–Crippen LogP) is 3.07. The highest BCUT2D eigenvalue weighted by Crippen LogP contribution is 2.26. The maximum Gasteiger partial charge on any atom is 0.0356 e. The minimum Gasteiger partial charge on any atom is -0.324 e. The van der Waals surface area contributed by atoms with Gasteiger partial charge in [-0.3, -0.25) is 0 Å². The number of hydrogen-bond acceptors (Lipinski definition) is 1. The molecule has 0 saturated carbocycles. The molecule has 0 aliphatic rings. The molecule has 0 aliphatic heterocycles. The Balaban J connectivity index is 3.17. The van der Waals surface area contributed by atoms with Crippen molar-refractivity contribution >= 4 is 38.5 Å². The van der Waals surface area contributed by atoms with E-state index in [1.54, 1.807) is 0 Å². The SMILES string of the molecule is C[C@@H](N)c1cccc(I)c1Br. The molecule has 0 aliphatic carbocycles. The maximum absolute atomic E-state index is 5.75. The van der Waals surface area contributed by atoms with Gasteiger partial charge < -0.3 is 5.73 Å². The standard InChI is InChI=1S/C8H9BrIN/c1-5(11)6-3-2-4-7(10)8(6)9/h2-5H,11H2,1H3/t5-/m1/s1. The molecule has 60 valence electrons. The molecule has 3 heteroatoms. The van der Waals surface area contributed by atoms with Crippen LogP contribution in [0, 0.1) is 3.57 Å². The lowest BCUT2D eigenvalue weighted by Gasteiger charge is -2.08. The third-order valence-electron chi connectivity index (χ3n) is 1.47. The Bertz CT molecular complexity index is 260. The van der Waals surface area contributed by atoms with Gasteiger partial charge in [0.25, 0.3) is 0 Å². The first-order valence-corrected chi connectivity index (χ1v) is 5.19. The molecule has 1 atom stereocenters. The Kier molecular flexibility index (Phi) is 3.33. The first-order chi connectivity index (χ1) is 5.13. The zero-order chi connectivity index (χ0) is 8.43. The number of hydrogen-bond donors (Lipinski definition) is 1. The first kappa shape index (κ1) is 9.48. The largest absolute Gasteiger partial charge is 0.324 e. The van der Waals surface area contributed by atoms with E-state index in [9.17, 15) is 0 Å². The van der Waals surface area contributed by atoms with Crippen molar-refractivity contribution in [3.8, 4) is 0 Å². The normalized spacial score (nSPS) is 13.1. The summed E-state index contributed by atoms with van der Waals surface area (Å²) >= 11 is 5.77. The fourth-order valence-corrected chi connectivity index (χ4v) is 2.02. The van der Waals surface area contributed by atoms with E-state index in [1.165, 1.54) is 3.57 Å². The fourth-order valence-electron chi connectivity index (χ4n) is 0.872. The zero-order valence-electron chi connectivity index (χ0n) is 6.14. The Hall–Kier alpha value is 0.390. The second-order valence-corrected chi connectivity index (χ2v) is 4.39. The lowest BCUT2D eigenvalue weighted by molar-refractivity contribution is 0.812. The molecule has 0 unspecified atom stereocenters. The van der Waals surface area contributed by atoms with Crippen molar-refractivity contribution in [1.29, 1.82) is 0 Å². The third-order valence-corrected chi connectivity index (χ3v) is 4.00. The van der Waals surface area contributed by atoms with Gasteiger partial charge in [0.15, 0.2) is 0 Å². The van der Waals surface area contributed by atoms with Crippen molar-refractivity contribution < 1.29 is 0 Å². The van der Waals surface area contributed by atoms with Gasteiger partial charge in [-0.25, -0.2) is 0 Å². The van der Waals surface area contributed by atoms with E-state index in [4.69, 9.17) is 5.73 Å². The predicted molar refractivity (Wildman–Crippen MR) is 59.5 cm³/mol. The van der Waals surface area contributed by atoms with E-state index in [1.807, 2.05) is 19.1 Å². The van der Waals surface area contributed by atoms with Crippen LogP contribution in [0.25, 0.3) is 0 Å². The Labute approximate surface area is 88.6 Å². The molecule has 0 fully saturated rings. The van der Waals surface area contributed by atoms with Crippen LogP contribution in [0.2, 0.25) is 0 Å². The van der Waals surface area contributed by atoms with Gasteiger partial charge in [0, 0.05) is 14.1 Å². The maximum atomic E-state index is 5.75. The average Bonchev–Trinajstić information content (AvgIpc) is 1.94. The molecule has 1 aromatic rings. The van der Waals surface area contributed by atoms with Crippen molar-refractivity contribution in [1.82, 2.24) is 0 Å². The molecule has 0 amide bonds.